The van der Waals surface area contributed by atoms with Crippen LogP contribution < -0.4 is 10.6 Å². The van der Waals surface area contributed by atoms with Crippen LogP contribution in [0.4, 0.5) is 5.69 Å². The first-order chi connectivity index (χ1) is 13.9. The molecule has 1 aliphatic rings. The molecule has 2 aromatic rings. The second-order valence-electron chi connectivity index (χ2n) is 7.27. The molecule has 0 radical (unpaired) electrons. The summed E-state index contributed by atoms with van der Waals surface area (Å²) in [6.07, 6.45) is 1.58. The molecule has 0 atom stereocenters. The van der Waals surface area contributed by atoms with E-state index in [-0.39, 0.29) is 11.8 Å². The predicted molar refractivity (Wildman–Crippen MR) is 119 cm³/mol. The van der Waals surface area contributed by atoms with Gasteiger partial charge in [-0.15, -0.1) is 0 Å². The van der Waals surface area contributed by atoms with E-state index in [1.807, 2.05) is 35.2 Å². The normalized spacial score (nSPS) is 13.3. The van der Waals surface area contributed by atoms with E-state index in [9.17, 15) is 9.59 Å². The lowest BCUT2D eigenvalue weighted by molar-refractivity contribution is -0.128. The fraction of sp³-hybridized carbons (Fsp3) is 0.318. The van der Waals surface area contributed by atoms with E-state index in [1.165, 1.54) is 0 Å². The van der Waals surface area contributed by atoms with Crippen LogP contribution in [0.15, 0.2) is 48.5 Å². The number of benzene rings is 2. The van der Waals surface area contributed by atoms with Gasteiger partial charge in [-0.2, -0.15) is 0 Å². The summed E-state index contributed by atoms with van der Waals surface area (Å²) in [6, 6.07) is 15.3. The van der Waals surface area contributed by atoms with Gasteiger partial charge in [-0.3, -0.25) is 9.59 Å². The summed E-state index contributed by atoms with van der Waals surface area (Å²) in [6.45, 7) is 2.03. The minimum Gasteiger partial charge on any atom is -0.358 e. The smallest absolute Gasteiger partial charge is 0.253 e. The molecule has 2 aromatic carbocycles. The zero-order valence-corrected chi connectivity index (χ0v) is 17.6. The molecule has 3 rings (SSSR count). The quantitative estimate of drug-likeness (QED) is 0.717. The van der Waals surface area contributed by atoms with E-state index in [2.05, 4.69) is 16.7 Å². The number of nitrogens with one attached hydrogen (secondary N) is 2. The van der Waals surface area contributed by atoms with Crippen molar-refractivity contribution in [2.75, 3.05) is 26.0 Å². The molecule has 0 aromatic heterocycles. The van der Waals surface area contributed by atoms with Crippen LogP contribution in [0, 0.1) is 0 Å². The van der Waals surface area contributed by atoms with E-state index in [1.54, 1.807) is 31.1 Å². The third kappa shape index (κ3) is 5.54. The maximum Gasteiger partial charge on any atom is 0.253 e. The minimum atomic E-state index is -0.0367. The van der Waals surface area contributed by atoms with Crippen molar-refractivity contribution in [3.05, 3.63) is 65.2 Å². The molecule has 7 heteroatoms. The molecule has 1 fully saturated rings. The largest absolute Gasteiger partial charge is 0.358 e. The van der Waals surface area contributed by atoms with E-state index in [4.69, 9.17) is 12.2 Å². The van der Waals surface area contributed by atoms with Crippen LogP contribution in [-0.2, 0) is 17.9 Å². The topological polar surface area (TPSA) is 64.7 Å². The van der Waals surface area contributed by atoms with Gasteiger partial charge in [0.25, 0.3) is 5.91 Å². The second-order valence-corrected chi connectivity index (χ2v) is 7.68. The second kappa shape index (κ2) is 9.52. The van der Waals surface area contributed by atoms with E-state index in [0.717, 1.165) is 29.8 Å². The highest BCUT2D eigenvalue weighted by Crippen LogP contribution is 2.17. The van der Waals surface area contributed by atoms with Crippen LogP contribution in [0.1, 0.15) is 34.3 Å². The molecule has 0 bridgehead atoms. The molecule has 1 aliphatic heterocycles. The third-order valence-corrected chi connectivity index (χ3v) is 5.13. The molecule has 152 valence electrons. The molecule has 2 N–H and O–H groups in total. The monoisotopic (exact) mass is 410 g/mol. The Morgan fingerprint density at radius 3 is 2.41 bits per heavy atom. The Hall–Kier alpha value is -2.93. The van der Waals surface area contributed by atoms with E-state index in [0.29, 0.717) is 30.2 Å². The van der Waals surface area contributed by atoms with Gasteiger partial charge >= 0.3 is 0 Å². The van der Waals surface area contributed by atoms with Gasteiger partial charge in [0.05, 0.1) is 0 Å². The predicted octanol–water partition coefficient (Wildman–Crippen LogP) is 3.00. The minimum absolute atomic E-state index is 0.0367. The number of hydrogen-bond donors (Lipinski definition) is 2. The van der Waals surface area contributed by atoms with Gasteiger partial charge in [0, 0.05) is 51.4 Å². The number of nitrogens with zero attached hydrogens (tertiary/aromatic N) is 2. The SMILES string of the molecule is CN(C)C(=O)c1ccc(NC(=S)NCc2ccccc2CN2CCCC2=O)cc1. The number of carbonyl (C=O) groups is 2. The Bertz CT molecular complexity index is 896. The average Bonchev–Trinajstić information content (AvgIpc) is 3.12. The van der Waals surface area contributed by atoms with Crippen molar-refractivity contribution < 1.29 is 9.59 Å². The molecule has 0 saturated carbocycles. The van der Waals surface area contributed by atoms with E-state index >= 15 is 0 Å². The average molecular weight is 411 g/mol. The van der Waals surface area contributed by atoms with Crippen molar-refractivity contribution in [2.24, 2.45) is 0 Å². The Morgan fingerprint density at radius 2 is 1.79 bits per heavy atom. The fourth-order valence-electron chi connectivity index (χ4n) is 3.27. The molecule has 1 saturated heterocycles. The summed E-state index contributed by atoms with van der Waals surface area (Å²) < 4.78 is 0. The van der Waals surface area contributed by atoms with Gasteiger partial charge in [-0.1, -0.05) is 24.3 Å². The van der Waals surface area contributed by atoms with Crippen LogP contribution in [0.5, 0.6) is 0 Å². The van der Waals surface area contributed by atoms with Crippen molar-refractivity contribution >= 4 is 34.8 Å². The van der Waals surface area contributed by atoms with Gasteiger partial charge in [0.1, 0.15) is 0 Å². The molecule has 0 unspecified atom stereocenters. The van der Waals surface area contributed by atoms with Crippen LogP contribution >= 0.6 is 12.2 Å². The Morgan fingerprint density at radius 1 is 1.10 bits per heavy atom. The zero-order chi connectivity index (χ0) is 20.8. The first-order valence-electron chi connectivity index (χ1n) is 9.65. The summed E-state index contributed by atoms with van der Waals surface area (Å²) in [5.41, 5.74) is 3.69. The third-order valence-electron chi connectivity index (χ3n) is 4.89. The molecule has 29 heavy (non-hydrogen) atoms. The first-order valence-corrected chi connectivity index (χ1v) is 10.1. The molecule has 1 heterocycles. The Kier molecular flexibility index (Phi) is 6.82. The number of amides is 2. The molecule has 0 spiro atoms. The van der Waals surface area contributed by atoms with Crippen molar-refractivity contribution in [1.82, 2.24) is 15.1 Å². The lowest BCUT2D eigenvalue weighted by atomic mass is 10.1. The Labute approximate surface area is 176 Å². The number of rotatable bonds is 6. The van der Waals surface area contributed by atoms with Gasteiger partial charge in [-0.05, 0) is 54.0 Å². The first kappa shape index (κ1) is 20.8. The summed E-state index contributed by atoms with van der Waals surface area (Å²) in [4.78, 5) is 27.3. The van der Waals surface area contributed by atoms with Crippen LogP contribution in [0.3, 0.4) is 0 Å². The molecule has 2 amide bonds. The zero-order valence-electron chi connectivity index (χ0n) is 16.8. The number of anilines is 1. The highest BCUT2D eigenvalue weighted by molar-refractivity contribution is 7.80. The van der Waals surface area contributed by atoms with Crippen molar-refractivity contribution in [3.63, 3.8) is 0 Å². The van der Waals surface area contributed by atoms with Gasteiger partial charge in [-0.25, -0.2) is 0 Å². The van der Waals surface area contributed by atoms with Crippen LogP contribution in [0.2, 0.25) is 0 Å². The lowest BCUT2D eigenvalue weighted by Gasteiger charge is -2.19. The fourth-order valence-corrected chi connectivity index (χ4v) is 3.46. The molecule has 6 nitrogen and oxygen atoms in total. The number of carbonyl (C=O) groups excluding carboxylic acids is 2. The standard InChI is InChI=1S/C22H26N4O2S/c1-25(2)21(28)16-9-11-19(12-10-16)24-22(29)23-14-17-6-3-4-7-18(17)15-26-13-5-8-20(26)27/h3-4,6-7,9-12H,5,8,13-15H2,1-2H3,(H2,23,24,29). The summed E-state index contributed by atoms with van der Waals surface area (Å²) in [7, 11) is 3.45. The van der Waals surface area contributed by atoms with Crippen LogP contribution in [-0.4, -0.2) is 47.4 Å². The Balaban J connectivity index is 1.56. The maximum atomic E-state index is 12.0. The lowest BCUT2D eigenvalue weighted by Crippen LogP contribution is -2.29. The van der Waals surface area contributed by atoms with E-state index < -0.39 is 0 Å². The van der Waals surface area contributed by atoms with Crippen molar-refractivity contribution in [2.45, 2.75) is 25.9 Å². The van der Waals surface area contributed by atoms with Gasteiger partial charge in [0.15, 0.2) is 5.11 Å². The highest BCUT2D eigenvalue weighted by Gasteiger charge is 2.20. The summed E-state index contributed by atoms with van der Waals surface area (Å²) in [5.74, 6) is 0.187. The summed E-state index contributed by atoms with van der Waals surface area (Å²) >= 11 is 5.40. The molecular formula is C22H26N4O2S. The number of likely N-dealkylation sites (tertiary alicyclic amines) is 1. The summed E-state index contributed by atoms with van der Waals surface area (Å²) in [5, 5.41) is 6.86. The van der Waals surface area contributed by atoms with Crippen LogP contribution in [0.25, 0.3) is 0 Å². The number of thiocarbonyl (C=S) groups is 1. The van der Waals surface area contributed by atoms with Gasteiger partial charge < -0.3 is 20.4 Å². The van der Waals surface area contributed by atoms with Crippen molar-refractivity contribution in [1.29, 1.82) is 0 Å². The molecule has 0 aliphatic carbocycles. The number of hydrogen-bond acceptors (Lipinski definition) is 3. The maximum absolute atomic E-state index is 12.0. The molecular weight excluding hydrogens is 384 g/mol. The van der Waals surface area contributed by atoms with Crippen molar-refractivity contribution in [3.8, 4) is 0 Å². The van der Waals surface area contributed by atoms with Gasteiger partial charge in [0.2, 0.25) is 5.91 Å². The highest BCUT2D eigenvalue weighted by atomic mass is 32.1.